The predicted octanol–water partition coefficient (Wildman–Crippen LogP) is -4.76. The number of carboxylic acids is 2. The molecule has 0 aromatic rings. The van der Waals surface area contributed by atoms with Gasteiger partial charge < -0.3 is 48.5 Å². The van der Waals surface area contributed by atoms with Crippen molar-refractivity contribution in [3.8, 4) is 0 Å². The van der Waals surface area contributed by atoms with Crippen molar-refractivity contribution in [2.75, 3.05) is 0 Å². The maximum absolute atomic E-state index is 12.7. The Balaban J connectivity index is 5.56. The van der Waals surface area contributed by atoms with Crippen LogP contribution in [0.2, 0.25) is 0 Å². The van der Waals surface area contributed by atoms with Gasteiger partial charge in [-0.2, -0.15) is 0 Å². The third-order valence-electron chi connectivity index (χ3n) is 4.41. The fourth-order valence-corrected chi connectivity index (χ4v) is 2.56. The van der Waals surface area contributed by atoms with E-state index < -0.39 is 78.2 Å². The Morgan fingerprint density at radius 3 is 1.68 bits per heavy atom. The molecule has 0 aromatic heterocycles. The summed E-state index contributed by atoms with van der Waals surface area (Å²) >= 11 is 0. The largest absolute Gasteiger partial charge is 0.481 e. The van der Waals surface area contributed by atoms with Crippen LogP contribution in [0.5, 0.6) is 0 Å². The summed E-state index contributed by atoms with van der Waals surface area (Å²) in [6.07, 6.45) is -3.62. The highest BCUT2D eigenvalue weighted by Gasteiger charge is 2.33. The summed E-state index contributed by atoms with van der Waals surface area (Å²) in [5.74, 6) is -7.91. The zero-order valence-electron chi connectivity index (χ0n) is 18.4. The van der Waals surface area contributed by atoms with Gasteiger partial charge in [0.25, 0.3) is 0 Å². The highest BCUT2D eigenvalue weighted by molar-refractivity contribution is 5.96. The smallest absolute Gasteiger partial charge is 0.328 e. The van der Waals surface area contributed by atoms with Crippen molar-refractivity contribution >= 4 is 41.5 Å². The molecular weight excluding hydrogens is 460 g/mol. The summed E-state index contributed by atoms with van der Waals surface area (Å²) in [6, 6.07) is -6.34. The number of aliphatic hydroxyl groups excluding tert-OH is 1. The lowest BCUT2D eigenvalue weighted by molar-refractivity contribution is -0.146. The number of nitrogens with two attached hydrogens (primary N) is 3. The van der Waals surface area contributed by atoms with E-state index in [1.165, 1.54) is 0 Å². The summed E-state index contributed by atoms with van der Waals surface area (Å²) in [5.41, 5.74) is 15.7. The number of hydrogen-bond acceptors (Lipinski definition) is 9. The van der Waals surface area contributed by atoms with Crippen molar-refractivity contribution in [1.29, 1.82) is 0 Å². The van der Waals surface area contributed by atoms with Gasteiger partial charge in [-0.3, -0.25) is 28.8 Å². The van der Waals surface area contributed by atoms with Crippen molar-refractivity contribution in [3.05, 3.63) is 0 Å². The van der Waals surface area contributed by atoms with Gasteiger partial charge >= 0.3 is 11.9 Å². The number of carbonyl (C=O) groups is 7. The van der Waals surface area contributed by atoms with E-state index >= 15 is 0 Å². The Morgan fingerprint density at radius 2 is 1.24 bits per heavy atom. The van der Waals surface area contributed by atoms with Crippen molar-refractivity contribution < 1.29 is 48.9 Å². The molecule has 12 N–H and O–H groups in total. The molecule has 0 aliphatic carbocycles. The Kier molecular flexibility index (Phi) is 12.8. The molecule has 16 heteroatoms. The topological polar surface area (TPSA) is 294 Å². The van der Waals surface area contributed by atoms with E-state index in [0.29, 0.717) is 0 Å². The lowest BCUT2D eigenvalue weighted by Crippen LogP contribution is -2.58. The molecule has 5 atom stereocenters. The maximum Gasteiger partial charge on any atom is 0.328 e. The summed E-state index contributed by atoms with van der Waals surface area (Å²) in [6.45, 7) is 1.07. The number of carboxylic acid groups (broad SMARTS) is 2. The first-order chi connectivity index (χ1) is 15.6. The first-order valence-electron chi connectivity index (χ1n) is 10.0. The van der Waals surface area contributed by atoms with Gasteiger partial charge in [-0.25, -0.2) is 4.79 Å². The Labute approximate surface area is 193 Å². The molecule has 0 saturated heterocycles. The van der Waals surface area contributed by atoms with Crippen LogP contribution in [0.15, 0.2) is 0 Å². The van der Waals surface area contributed by atoms with Crippen LogP contribution in [0.3, 0.4) is 0 Å². The molecule has 0 heterocycles. The molecule has 16 nitrogen and oxygen atoms in total. The van der Waals surface area contributed by atoms with E-state index in [1.54, 1.807) is 0 Å². The van der Waals surface area contributed by atoms with E-state index in [0.717, 1.165) is 6.92 Å². The molecule has 5 amide bonds. The molecule has 0 saturated carbocycles. The Bertz CT molecular complexity index is 802. The number of rotatable bonds is 16. The van der Waals surface area contributed by atoms with Gasteiger partial charge in [-0.1, -0.05) is 0 Å². The van der Waals surface area contributed by atoms with E-state index in [4.69, 9.17) is 27.4 Å². The molecule has 5 unspecified atom stereocenters. The van der Waals surface area contributed by atoms with E-state index in [2.05, 4.69) is 10.6 Å². The molecule has 0 aromatic carbocycles. The molecule has 0 radical (unpaired) electrons. The quantitative estimate of drug-likeness (QED) is 0.0988. The molecule has 0 rings (SSSR count). The van der Waals surface area contributed by atoms with Crippen LogP contribution >= 0.6 is 0 Å². The number of primary amides is 2. The fraction of sp³-hybridized carbons (Fsp3) is 0.611. The van der Waals surface area contributed by atoms with Crippen LogP contribution < -0.4 is 33.2 Å². The number of aliphatic carboxylic acids is 2. The van der Waals surface area contributed by atoms with Gasteiger partial charge in [-0.15, -0.1) is 0 Å². The van der Waals surface area contributed by atoms with Crippen LogP contribution in [0.1, 0.15) is 39.0 Å². The number of nitrogens with one attached hydrogen (secondary N) is 3. The highest BCUT2D eigenvalue weighted by atomic mass is 16.4. The third kappa shape index (κ3) is 11.7. The number of amides is 5. The monoisotopic (exact) mass is 490 g/mol. The van der Waals surface area contributed by atoms with Crippen molar-refractivity contribution in [2.45, 2.75) is 69.3 Å². The average molecular weight is 490 g/mol. The second-order valence-corrected chi connectivity index (χ2v) is 7.40. The van der Waals surface area contributed by atoms with Gasteiger partial charge in [0, 0.05) is 12.8 Å². The fourth-order valence-electron chi connectivity index (χ4n) is 2.56. The van der Waals surface area contributed by atoms with E-state index in [1.807, 2.05) is 5.32 Å². The van der Waals surface area contributed by atoms with E-state index in [-0.39, 0.29) is 25.7 Å². The normalized spacial score (nSPS) is 15.0. The zero-order valence-corrected chi connectivity index (χ0v) is 18.4. The maximum atomic E-state index is 12.7. The van der Waals surface area contributed by atoms with Crippen LogP contribution in [-0.4, -0.2) is 87.1 Å². The Morgan fingerprint density at radius 1 is 0.765 bits per heavy atom. The first-order valence-corrected chi connectivity index (χ1v) is 10.0. The van der Waals surface area contributed by atoms with Crippen molar-refractivity contribution in [3.63, 3.8) is 0 Å². The summed E-state index contributed by atoms with van der Waals surface area (Å²) in [5, 5.41) is 33.8. The second-order valence-electron chi connectivity index (χ2n) is 7.40. The molecule has 0 fully saturated rings. The molecule has 0 aliphatic rings. The average Bonchev–Trinajstić information content (AvgIpc) is 2.70. The molecule has 34 heavy (non-hydrogen) atoms. The minimum absolute atomic E-state index is 0.148. The Hall–Kier alpha value is -3.79. The highest BCUT2D eigenvalue weighted by Crippen LogP contribution is 2.04. The summed E-state index contributed by atoms with van der Waals surface area (Å²) < 4.78 is 0. The van der Waals surface area contributed by atoms with Crippen LogP contribution in [0.4, 0.5) is 0 Å². The second kappa shape index (κ2) is 14.4. The number of hydrogen-bond donors (Lipinski definition) is 9. The van der Waals surface area contributed by atoms with Gasteiger partial charge in [0.15, 0.2) is 6.04 Å². The summed E-state index contributed by atoms with van der Waals surface area (Å²) in [4.78, 5) is 81.7. The molecule has 0 aliphatic heterocycles. The van der Waals surface area contributed by atoms with Gasteiger partial charge in [0.05, 0.1) is 18.6 Å². The van der Waals surface area contributed by atoms with E-state index in [9.17, 15) is 38.7 Å². The number of carbonyl (C=O) groups excluding carboxylic acids is 5. The molecule has 192 valence electrons. The standard InChI is InChI=1S/C18H30N6O10/c1-7(25)14(18(33)34)24-17(32)10(6-13(28)29)23-16(31)9(3-5-12(21)27)22-15(30)8(19)2-4-11(20)26/h7-10,14,25H,2-6,19H2,1H3,(H2,20,26)(H2,21,27)(H,22,30)(H,23,31)(H,24,32)(H,28,29)(H,33,34). The molecule has 0 spiro atoms. The SMILES string of the molecule is CC(O)C(NC(=O)C(CC(=O)O)NC(=O)C(CCC(N)=O)NC(=O)C(N)CCC(N)=O)C(=O)O. The summed E-state index contributed by atoms with van der Waals surface area (Å²) in [7, 11) is 0. The lowest BCUT2D eigenvalue weighted by Gasteiger charge is -2.25. The molecule has 0 bridgehead atoms. The van der Waals surface area contributed by atoms with Crippen LogP contribution in [0.25, 0.3) is 0 Å². The predicted molar refractivity (Wildman–Crippen MR) is 112 cm³/mol. The van der Waals surface area contributed by atoms with Gasteiger partial charge in [0.1, 0.15) is 12.1 Å². The van der Waals surface area contributed by atoms with Gasteiger partial charge in [-0.05, 0) is 19.8 Å². The van der Waals surface area contributed by atoms with Gasteiger partial charge in [0.2, 0.25) is 29.5 Å². The van der Waals surface area contributed by atoms with Crippen molar-refractivity contribution in [1.82, 2.24) is 16.0 Å². The lowest BCUT2D eigenvalue weighted by atomic mass is 10.1. The third-order valence-corrected chi connectivity index (χ3v) is 4.41. The van der Waals surface area contributed by atoms with Crippen LogP contribution in [-0.2, 0) is 33.6 Å². The minimum Gasteiger partial charge on any atom is -0.481 e. The first kappa shape index (κ1) is 30.2. The minimum atomic E-state index is -1.80. The van der Waals surface area contributed by atoms with Crippen LogP contribution in [0, 0.1) is 0 Å². The number of aliphatic hydroxyl groups is 1. The molecular formula is C18H30N6O10. The zero-order chi connectivity index (χ0) is 26.6. The van der Waals surface area contributed by atoms with Crippen molar-refractivity contribution in [2.24, 2.45) is 17.2 Å².